The van der Waals surface area contributed by atoms with Crippen LogP contribution in [0.3, 0.4) is 0 Å². The second kappa shape index (κ2) is 5.37. The van der Waals surface area contributed by atoms with E-state index in [4.69, 9.17) is 5.73 Å². The maximum Gasteiger partial charge on any atom is 0.325 e. The summed E-state index contributed by atoms with van der Waals surface area (Å²) in [4.78, 5) is 20.9. The average Bonchev–Trinajstić information content (AvgIpc) is 2.36. The lowest BCUT2D eigenvalue weighted by Crippen LogP contribution is -2.37. The number of carbonyl (C=O) groups excluding carboxylic acids is 1. The molecule has 7 heteroatoms. The molecule has 0 saturated carbocycles. The Bertz CT molecular complexity index is 417. The van der Waals surface area contributed by atoms with Gasteiger partial charge in [-0.2, -0.15) is 0 Å². The zero-order valence-electron chi connectivity index (χ0n) is 9.07. The molecule has 0 aliphatic carbocycles. The summed E-state index contributed by atoms with van der Waals surface area (Å²) in [5.74, 6) is -0.754. The van der Waals surface area contributed by atoms with Crippen LogP contribution in [0.5, 0.6) is 0 Å². The number of ether oxygens (including phenoxy) is 1. The number of nitrogens with two attached hydrogens (primary N) is 1. The van der Waals surface area contributed by atoms with E-state index in [0.29, 0.717) is 5.56 Å². The Morgan fingerprint density at radius 2 is 2.00 bits per heavy atom. The molecule has 1 rings (SSSR count). The molecular formula is C10H12N2O5. The second-order valence-corrected chi connectivity index (χ2v) is 3.34. The van der Waals surface area contributed by atoms with Crippen LogP contribution in [-0.2, 0) is 9.53 Å². The minimum absolute atomic E-state index is 0.104. The lowest BCUT2D eigenvalue weighted by atomic mass is 10.0. The third-order valence-electron chi connectivity index (χ3n) is 2.26. The molecular weight excluding hydrogens is 228 g/mol. The fourth-order valence-electron chi connectivity index (χ4n) is 1.27. The molecule has 0 unspecified atom stereocenters. The minimum atomic E-state index is -1.26. The number of nitrogens with zero attached hydrogens (tertiary/aromatic N) is 1. The summed E-state index contributed by atoms with van der Waals surface area (Å²) in [6, 6.07) is 3.91. The minimum Gasteiger partial charge on any atom is -0.468 e. The highest BCUT2D eigenvalue weighted by atomic mass is 16.6. The van der Waals surface area contributed by atoms with Crippen LogP contribution in [0.15, 0.2) is 24.3 Å². The van der Waals surface area contributed by atoms with Crippen molar-refractivity contribution < 1.29 is 19.6 Å². The van der Waals surface area contributed by atoms with Gasteiger partial charge in [-0.15, -0.1) is 0 Å². The Morgan fingerprint density at radius 1 is 1.47 bits per heavy atom. The van der Waals surface area contributed by atoms with Gasteiger partial charge in [0.05, 0.1) is 12.0 Å². The predicted octanol–water partition coefficient (Wildman–Crippen LogP) is 0.128. The van der Waals surface area contributed by atoms with Crippen LogP contribution in [-0.4, -0.2) is 29.2 Å². The number of carbonyl (C=O) groups is 1. The van der Waals surface area contributed by atoms with Gasteiger partial charge in [0.1, 0.15) is 12.1 Å². The highest BCUT2D eigenvalue weighted by molar-refractivity contribution is 5.76. The van der Waals surface area contributed by atoms with Gasteiger partial charge < -0.3 is 15.6 Å². The van der Waals surface area contributed by atoms with Crippen molar-refractivity contribution >= 4 is 11.7 Å². The van der Waals surface area contributed by atoms with Gasteiger partial charge in [0.15, 0.2) is 0 Å². The number of esters is 1. The smallest absolute Gasteiger partial charge is 0.325 e. The van der Waals surface area contributed by atoms with Gasteiger partial charge >= 0.3 is 5.97 Å². The fraction of sp³-hybridized carbons (Fsp3) is 0.300. The number of hydrogen-bond acceptors (Lipinski definition) is 6. The van der Waals surface area contributed by atoms with Gasteiger partial charge in [-0.3, -0.25) is 14.9 Å². The summed E-state index contributed by atoms with van der Waals surface area (Å²) in [7, 11) is 1.16. The van der Waals surface area contributed by atoms with Crippen molar-refractivity contribution in [3.63, 3.8) is 0 Å². The van der Waals surface area contributed by atoms with Gasteiger partial charge in [-0.25, -0.2) is 0 Å². The fourth-order valence-corrected chi connectivity index (χ4v) is 1.27. The SMILES string of the molecule is COC(=O)[C@@H](N)[C@H](O)c1ccc([N+](=O)[O-])cc1. The van der Waals surface area contributed by atoms with Crippen molar-refractivity contribution in [1.29, 1.82) is 0 Å². The Morgan fingerprint density at radius 3 is 2.41 bits per heavy atom. The van der Waals surface area contributed by atoms with E-state index < -0.39 is 23.0 Å². The predicted molar refractivity (Wildman–Crippen MR) is 58.0 cm³/mol. The van der Waals surface area contributed by atoms with Crippen molar-refractivity contribution in [3.8, 4) is 0 Å². The van der Waals surface area contributed by atoms with Crippen molar-refractivity contribution in [1.82, 2.24) is 0 Å². The molecule has 0 amide bonds. The zero-order chi connectivity index (χ0) is 13.0. The Labute approximate surface area is 97.0 Å². The van der Waals surface area contributed by atoms with Crippen molar-refractivity contribution in [2.45, 2.75) is 12.1 Å². The Kier molecular flexibility index (Phi) is 4.13. The first kappa shape index (κ1) is 13.1. The average molecular weight is 240 g/mol. The molecule has 0 aliphatic rings. The highest BCUT2D eigenvalue weighted by Crippen LogP contribution is 2.19. The summed E-state index contributed by atoms with van der Waals surface area (Å²) < 4.78 is 4.38. The number of benzene rings is 1. The van der Waals surface area contributed by atoms with E-state index in [1.165, 1.54) is 24.3 Å². The number of rotatable bonds is 4. The normalized spacial score (nSPS) is 13.8. The molecule has 2 atom stereocenters. The molecule has 92 valence electrons. The number of nitro benzene ring substituents is 1. The first-order valence-corrected chi connectivity index (χ1v) is 4.73. The second-order valence-electron chi connectivity index (χ2n) is 3.34. The van der Waals surface area contributed by atoms with Crippen LogP contribution in [0.4, 0.5) is 5.69 Å². The van der Waals surface area contributed by atoms with Crippen LogP contribution < -0.4 is 5.73 Å². The standard InChI is InChI=1S/C10H12N2O5/c1-17-10(14)8(11)9(13)6-2-4-7(5-3-6)12(15)16/h2-5,8-9,13H,11H2,1H3/t8-,9+/m0/s1. The van der Waals surface area contributed by atoms with E-state index in [-0.39, 0.29) is 5.69 Å². The van der Waals surface area contributed by atoms with E-state index in [2.05, 4.69) is 4.74 Å². The van der Waals surface area contributed by atoms with Gasteiger partial charge in [0.2, 0.25) is 0 Å². The molecule has 3 N–H and O–H groups in total. The third-order valence-corrected chi connectivity index (χ3v) is 2.26. The van der Waals surface area contributed by atoms with E-state index >= 15 is 0 Å². The molecule has 1 aromatic carbocycles. The Hall–Kier alpha value is -1.99. The molecule has 0 spiro atoms. The quantitative estimate of drug-likeness (QED) is 0.439. The summed E-state index contributed by atoms with van der Waals surface area (Å²) in [5.41, 5.74) is 5.65. The van der Waals surface area contributed by atoms with Gasteiger partial charge in [-0.05, 0) is 17.7 Å². The van der Waals surface area contributed by atoms with Crippen molar-refractivity contribution in [2.24, 2.45) is 5.73 Å². The zero-order valence-corrected chi connectivity index (χ0v) is 9.07. The van der Waals surface area contributed by atoms with Crippen LogP contribution in [0.1, 0.15) is 11.7 Å². The largest absolute Gasteiger partial charge is 0.468 e. The topological polar surface area (TPSA) is 116 Å². The van der Waals surface area contributed by atoms with E-state index in [9.17, 15) is 20.0 Å². The lowest BCUT2D eigenvalue weighted by Gasteiger charge is -2.16. The molecule has 0 aliphatic heterocycles. The molecule has 0 radical (unpaired) electrons. The summed E-state index contributed by atoms with van der Waals surface area (Å²) in [5, 5.41) is 20.1. The van der Waals surface area contributed by atoms with Gasteiger partial charge in [0.25, 0.3) is 5.69 Å². The molecule has 0 fully saturated rings. The van der Waals surface area contributed by atoms with Crippen LogP contribution >= 0.6 is 0 Å². The van der Waals surface area contributed by atoms with Gasteiger partial charge in [0, 0.05) is 12.1 Å². The van der Waals surface area contributed by atoms with Crippen LogP contribution in [0.2, 0.25) is 0 Å². The third kappa shape index (κ3) is 2.99. The number of aliphatic hydroxyl groups excluding tert-OH is 1. The molecule has 7 nitrogen and oxygen atoms in total. The molecule has 17 heavy (non-hydrogen) atoms. The molecule has 0 saturated heterocycles. The molecule has 0 aromatic heterocycles. The molecule has 0 bridgehead atoms. The maximum atomic E-state index is 11.1. The number of non-ortho nitro benzene ring substituents is 1. The summed E-state index contributed by atoms with van der Waals surface area (Å²) in [6.07, 6.45) is -1.26. The first-order valence-electron chi connectivity index (χ1n) is 4.73. The number of aliphatic hydroxyl groups is 1. The summed E-state index contributed by atoms with van der Waals surface area (Å²) >= 11 is 0. The molecule has 0 heterocycles. The van der Waals surface area contributed by atoms with E-state index in [1.54, 1.807) is 0 Å². The first-order chi connectivity index (χ1) is 7.97. The maximum absolute atomic E-state index is 11.1. The Balaban J connectivity index is 2.86. The van der Waals surface area contributed by atoms with E-state index in [1.807, 2.05) is 0 Å². The molecule has 1 aromatic rings. The van der Waals surface area contributed by atoms with Crippen molar-refractivity contribution in [3.05, 3.63) is 39.9 Å². The van der Waals surface area contributed by atoms with E-state index in [0.717, 1.165) is 7.11 Å². The monoisotopic (exact) mass is 240 g/mol. The lowest BCUT2D eigenvalue weighted by molar-refractivity contribution is -0.384. The summed E-state index contributed by atoms with van der Waals surface area (Å²) in [6.45, 7) is 0. The van der Waals surface area contributed by atoms with Crippen molar-refractivity contribution in [2.75, 3.05) is 7.11 Å². The highest BCUT2D eigenvalue weighted by Gasteiger charge is 2.25. The number of hydrogen-bond donors (Lipinski definition) is 2. The van der Waals surface area contributed by atoms with Crippen LogP contribution in [0, 0.1) is 10.1 Å². The number of nitro groups is 1. The van der Waals surface area contributed by atoms with Gasteiger partial charge in [-0.1, -0.05) is 0 Å². The van der Waals surface area contributed by atoms with Crippen LogP contribution in [0.25, 0.3) is 0 Å². The number of methoxy groups -OCH3 is 1.